The van der Waals surface area contributed by atoms with Crippen LogP contribution in [0.2, 0.25) is 5.15 Å². The highest BCUT2D eigenvalue weighted by Crippen LogP contribution is 2.28. The summed E-state index contributed by atoms with van der Waals surface area (Å²) < 4.78 is 1.71. The predicted molar refractivity (Wildman–Crippen MR) is 68.0 cm³/mol. The first-order valence-electron chi connectivity index (χ1n) is 6.07. The van der Waals surface area contributed by atoms with E-state index in [1.54, 1.807) is 4.68 Å². The van der Waals surface area contributed by atoms with E-state index in [4.69, 9.17) is 11.6 Å². The molecule has 2 atom stereocenters. The lowest BCUT2D eigenvalue weighted by molar-refractivity contribution is 0.134. The van der Waals surface area contributed by atoms with Crippen LogP contribution in [0.4, 0.5) is 0 Å². The van der Waals surface area contributed by atoms with Crippen LogP contribution in [0.25, 0.3) is 0 Å². The topological polar surface area (TPSA) is 41.3 Å². The summed E-state index contributed by atoms with van der Waals surface area (Å²) in [4.78, 5) is 2.31. The minimum atomic E-state index is 0.220. The van der Waals surface area contributed by atoms with Crippen molar-refractivity contribution < 1.29 is 5.11 Å². The van der Waals surface area contributed by atoms with E-state index in [0.717, 1.165) is 30.8 Å². The number of likely N-dealkylation sites (tertiary alicyclic amines) is 1. The van der Waals surface area contributed by atoms with Crippen LogP contribution in [-0.4, -0.2) is 39.0 Å². The fourth-order valence-corrected chi connectivity index (χ4v) is 2.87. The highest BCUT2D eigenvalue weighted by Gasteiger charge is 2.31. The minimum Gasteiger partial charge on any atom is -0.395 e. The Kier molecular flexibility index (Phi) is 3.76. The zero-order valence-electron chi connectivity index (χ0n) is 10.6. The Morgan fingerprint density at radius 3 is 2.76 bits per heavy atom. The summed E-state index contributed by atoms with van der Waals surface area (Å²) in [6, 6.07) is 0.255. The molecule has 5 heteroatoms. The second-order valence-electron chi connectivity index (χ2n) is 4.96. The number of nitrogens with zero attached hydrogens (tertiary/aromatic N) is 3. The van der Waals surface area contributed by atoms with Gasteiger partial charge in [-0.1, -0.05) is 18.5 Å². The lowest BCUT2D eigenvalue weighted by atomic mass is 10.0. The van der Waals surface area contributed by atoms with E-state index < -0.39 is 0 Å². The molecule has 1 aliphatic heterocycles. The number of aryl methyl sites for hydroxylation is 2. The molecule has 1 aromatic rings. The van der Waals surface area contributed by atoms with Gasteiger partial charge in [-0.2, -0.15) is 5.10 Å². The van der Waals surface area contributed by atoms with Crippen molar-refractivity contribution in [1.82, 2.24) is 14.7 Å². The predicted octanol–water partition coefficient (Wildman–Crippen LogP) is 1.58. The van der Waals surface area contributed by atoms with Gasteiger partial charge in [-0.25, -0.2) is 0 Å². The van der Waals surface area contributed by atoms with Crippen LogP contribution in [0, 0.1) is 12.8 Å². The first-order valence-corrected chi connectivity index (χ1v) is 6.45. The van der Waals surface area contributed by atoms with Crippen molar-refractivity contribution in [3.8, 4) is 0 Å². The van der Waals surface area contributed by atoms with Gasteiger partial charge in [0.15, 0.2) is 0 Å². The van der Waals surface area contributed by atoms with Crippen molar-refractivity contribution >= 4 is 11.6 Å². The first-order chi connectivity index (χ1) is 8.04. The molecule has 2 unspecified atom stereocenters. The van der Waals surface area contributed by atoms with Crippen LogP contribution in [0.1, 0.15) is 24.6 Å². The van der Waals surface area contributed by atoms with Crippen LogP contribution < -0.4 is 0 Å². The van der Waals surface area contributed by atoms with E-state index in [2.05, 4.69) is 16.9 Å². The number of rotatable bonds is 3. The number of hydrogen-bond donors (Lipinski definition) is 1. The molecule has 2 heterocycles. The Morgan fingerprint density at radius 1 is 1.53 bits per heavy atom. The zero-order chi connectivity index (χ0) is 12.6. The van der Waals surface area contributed by atoms with E-state index in [9.17, 15) is 5.11 Å². The quantitative estimate of drug-likeness (QED) is 0.894. The molecule has 1 aliphatic rings. The summed E-state index contributed by atoms with van der Waals surface area (Å²) in [7, 11) is 1.86. The number of aromatic nitrogens is 2. The third-order valence-electron chi connectivity index (χ3n) is 3.82. The van der Waals surface area contributed by atoms with E-state index in [0.29, 0.717) is 11.1 Å². The van der Waals surface area contributed by atoms with Gasteiger partial charge < -0.3 is 5.11 Å². The average Bonchev–Trinajstić information content (AvgIpc) is 2.75. The SMILES string of the molecule is Cc1nn(C)c(Cl)c1CN1CCC(C)C1CO. The van der Waals surface area contributed by atoms with E-state index in [1.807, 2.05) is 14.0 Å². The van der Waals surface area contributed by atoms with Crippen molar-refractivity contribution in [3.63, 3.8) is 0 Å². The molecule has 1 N–H and O–H groups in total. The van der Waals surface area contributed by atoms with Gasteiger partial charge in [-0.05, 0) is 25.8 Å². The summed E-state index contributed by atoms with van der Waals surface area (Å²) in [5, 5.41) is 14.5. The molecule has 2 rings (SSSR count). The monoisotopic (exact) mass is 257 g/mol. The lowest BCUT2D eigenvalue weighted by Crippen LogP contribution is -2.34. The summed E-state index contributed by atoms with van der Waals surface area (Å²) in [6.07, 6.45) is 1.14. The zero-order valence-corrected chi connectivity index (χ0v) is 11.4. The van der Waals surface area contributed by atoms with Crippen molar-refractivity contribution in [1.29, 1.82) is 0 Å². The number of aliphatic hydroxyl groups is 1. The molecular formula is C12H20ClN3O. The van der Waals surface area contributed by atoms with Crippen molar-refractivity contribution in [2.24, 2.45) is 13.0 Å². The molecule has 0 radical (unpaired) electrons. The van der Waals surface area contributed by atoms with E-state index in [1.165, 1.54) is 0 Å². The van der Waals surface area contributed by atoms with Crippen LogP contribution in [0.15, 0.2) is 0 Å². The van der Waals surface area contributed by atoms with Crippen LogP contribution in [0.3, 0.4) is 0 Å². The number of halogens is 1. The van der Waals surface area contributed by atoms with Gasteiger partial charge >= 0.3 is 0 Å². The Labute approximate surface area is 107 Å². The summed E-state index contributed by atoms with van der Waals surface area (Å²) in [6.45, 7) is 6.20. The molecule has 96 valence electrons. The normalized spacial score (nSPS) is 25.7. The van der Waals surface area contributed by atoms with Crippen LogP contribution >= 0.6 is 11.6 Å². The molecule has 0 spiro atoms. The van der Waals surface area contributed by atoms with Crippen LogP contribution in [-0.2, 0) is 13.6 Å². The summed E-state index contributed by atoms with van der Waals surface area (Å²) in [5.74, 6) is 0.552. The van der Waals surface area contributed by atoms with Gasteiger partial charge in [0.25, 0.3) is 0 Å². The van der Waals surface area contributed by atoms with Crippen molar-refractivity contribution in [2.75, 3.05) is 13.2 Å². The Balaban J connectivity index is 2.15. The van der Waals surface area contributed by atoms with Crippen molar-refractivity contribution in [2.45, 2.75) is 32.9 Å². The molecule has 4 nitrogen and oxygen atoms in total. The van der Waals surface area contributed by atoms with Crippen molar-refractivity contribution in [3.05, 3.63) is 16.4 Å². The third kappa shape index (κ3) is 2.34. The Morgan fingerprint density at radius 2 is 2.24 bits per heavy atom. The molecule has 0 bridgehead atoms. The highest BCUT2D eigenvalue weighted by atomic mass is 35.5. The second kappa shape index (κ2) is 4.96. The van der Waals surface area contributed by atoms with Gasteiger partial charge in [0.2, 0.25) is 0 Å². The van der Waals surface area contributed by atoms with Gasteiger partial charge in [-0.3, -0.25) is 9.58 Å². The second-order valence-corrected chi connectivity index (χ2v) is 5.32. The lowest BCUT2D eigenvalue weighted by Gasteiger charge is -2.24. The third-order valence-corrected chi connectivity index (χ3v) is 4.29. The molecule has 1 aromatic heterocycles. The maximum atomic E-state index is 9.43. The molecule has 0 amide bonds. The molecule has 1 fully saturated rings. The molecule has 17 heavy (non-hydrogen) atoms. The molecule has 0 aromatic carbocycles. The minimum absolute atomic E-state index is 0.220. The maximum absolute atomic E-state index is 9.43. The number of aliphatic hydroxyl groups excluding tert-OH is 1. The highest BCUT2D eigenvalue weighted by molar-refractivity contribution is 6.30. The Bertz CT molecular complexity index is 405. The maximum Gasteiger partial charge on any atom is 0.131 e. The standard InChI is InChI=1S/C12H20ClN3O/c1-8-4-5-16(11(8)7-17)6-10-9(2)14-15(3)12(10)13/h8,11,17H,4-7H2,1-3H3. The summed E-state index contributed by atoms with van der Waals surface area (Å²) in [5.41, 5.74) is 2.07. The molecule has 0 aliphatic carbocycles. The smallest absolute Gasteiger partial charge is 0.131 e. The van der Waals surface area contributed by atoms with Gasteiger partial charge in [0.05, 0.1) is 12.3 Å². The molecule has 0 saturated carbocycles. The Hall–Kier alpha value is -0.580. The van der Waals surface area contributed by atoms with E-state index in [-0.39, 0.29) is 12.6 Å². The largest absolute Gasteiger partial charge is 0.395 e. The molecule has 1 saturated heterocycles. The van der Waals surface area contributed by atoms with Crippen LogP contribution in [0.5, 0.6) is 0 Å². The molecular weight excluding hydrogens is 238 g/mol. The van der Waals surface area contributed by atoms with Gasteiger partial charge in [0, 0.05) is 25.2 Å². The first kappa shape index (κ1) is 12.9. The fourth-order valence-electron chi connectivity index (χ4n) is 2.64. The number of hydrogen-bond acceptors (Lipinski definition) is 3. The van der Waals surface area contributed by atoms with E-state index >= 15 is 0 Å². The average molecular weight is 258 g/mol. The van der Waals surface area contributed by atoms with Gasteiger partial charge in [0.1, 0.15) is 5.15 Å². The van der Waals surface area contributed by atoms with Gasteiger partial charge in [-0.15, -0.1) is 0 Å². The summed E-state index contributed by atoms with van der Waals surface area (Å²) >= 11 is 6.23. The fraction of sp³-hybridized carbons (Fsp3) is 0.750.